The second-order valence-corrected chi connectivity index (χ2v) is 6.58. The zero-order valence-corrected chi connectivity index (χ0v) is 14.6. The molecule has 0 saturated carbocycles. The predicted molar refractivity (Wildman–Crippen MR) is 99.0 cm³/mol. The van der Waals surface area contributed by atoms with Crippen molar-refractivity contribution in [2.45, 2.75) is 31.9 Å². The Labute approximate surface area is 149 Å². The number of amides is 1. The van der Waals surface area contributed by atoms with E-state index in [9.17, 15) is 4.79 Å². The van der Waals surface area contributed by atoms with Gasteiger partial charge in [0.1, 0.15) is 6.61 Å². The number of likely N-dealkylation sites (tertiary alicyclic amines) is 1. The molecule has 1 saturated heterocycles. The molecule has 2 aromatic rings. The summed E-state index contributed by atoms with van der Waals surface area (Å²) in [5.74, 6) is 0.603. The van der Waals surface area contributed by atoms with Crippen LogP contribution >= 0.6 is 0 Å². The van der Waals surface area contributed by atoms with Crippen molar-refractivity contribution in [3.8, 4) is 0 Å². The van der Waals surface area contributed by atoms with E-state index >= 15 is 0 Å². The van der Waals surface area contributed by atoms with E-state index < -0.39 is 0 Å². The zero-order valence-electron chi connectivity index (χ0n) is 14.6. The van der Waals surface area contributed by atoms with Crippen LogP contribution in [0.3, 0.4) is 0 Å². The molecule has 1 amide bonds. The minimum absolute atomic E-state index is 0.0880. The van der Waals surface area contributed by atoms with E-state index in [0.717, 1.165) is 31.5 Å². The van der Waals surface area contributed by atoms with Crippen LogP contribution in [0.15, 0.2) is 54.6 Å². The van der Waals surface area contributed by atoms with E-state index in [0.29, 0.717) is 19.1 Å². The third-order valence-electron chi connectivity index (χ3n) is 4.84. The fourth-order valence-electron chi connectivity index (χ4n) is 3.36. The van der Waals surface area contributed by atoms with Crippen molar-refractivity contribution in [1.29, 1.82) is 0 Å². The van der Waals surface area contributed by atoms with Crippen molar-refractivity contribution >= 4 is 5.91 Å². The van der Waals surface area contributed by atoms with Gasteiger partial charge in [-0.15, -0.1) is 0 Å². The first-order valence-corrected chi connectivity index (χ1v) is 8.94. The van der Waals surface area contributed by atoms with Crippen LogP contribution in [0.2, 0.25) is 0 Å². The van der Waals surface area contributed by atoms with E-state index in [1.165, 1.54) is 11.1 Å². The van der Waals surface area contributed by atoms with Gasteiger partial charge in [0, 0.05) is 19.6 Å². The van der Waals surface area contributed by atoms with Gasteiger partial charge in [0.15, 0.2) is 0 Å². The molecular formula is C21H26N2O2. The summed E-state index contributed by atoms with van der Waals surface area (Å²) < 4.78 is 5.57. The molecule has 0 aromatic heterocycles. The molecule has 0 bridgehead atoms. The summed E-state index contributed by atoms with van der Waals surface area (Å²) in [5, 5.41) is 0. The lowest BCUT2D eigenvalue weighted by Gasteiger charge is -2.32. The maximum absolute atomic E-state index is 12.3. The number of carbonyl (C=O) groups excluding carboxylic acids is 1. The summed E-state index contributed by atoms with van der Waals surface area (Å²) in [5.41, 5.74) is 9.34. The monoisotopic (exact) mass is 338 g/mol. The van der Waals surface area contributed by atoms with Gasteiger partial charge in [0.25, 0.3) is 0 Å². The Morgan fingerprint density at radius 3 is 2.48 bits per heavy atom. The molecule has 0 aliphatic carbocycles. The number of rotatable bonds is 6. The van der Waals surface area contributed by atoms with Crippen molar-refractivity contribution in [3.63, 3.8) is 0 Å². The van der Waals surface area contributed by atoms with E-state index in [1.807, 2.05) is 35.2 Å². The molecule has 0 unspecified atom stereocenters. The molecule has 0 spiro atoms. The molecule has 1 aliphatic rings. The number of nitrogens with zero attached hydrogens (tertiary/aromatic N) is 1. The molecular weight excluding hydrogens is 312 g/mol. The van der Waals surface area contributed by atoms with Gasteiger partial charge in [-0.05, 0) is 35.4 Å². The quantitative estimate of drug-likeness (QED) is 0.881. The maximum atomic E-state index is 12.3. The standard InChI is InChI=1S/C21H26N2O2/c22-14-18-7-4-8-20(13-18)19-9-11-23(12-10-19)21(24)16-25-15-17-5-2-1-3-6-17/h1-8,13,19H,9-12,14-16,22H2. The van der Waals surface area contributed by atoms with Crippen LogP contribution in [0.5, 0.6) is 0 Å². The van der Waals surface area contributed by atoms with Gasteiger partial charge in [-0.2, -0.15) is 0 Å². The van der Waals surface area contributed by atoms with Crippen molar-refractivity contribution in [2.75, 3.05) is 19.7 Å². The van der Waals surface area contributed by atoms with Crippen LogP contribution in [0.4, 0.5) is 0 Å². The molecule has 0 radical (unpaired) electrons. The highest BCUT2D eigenvalue weighted by Gasteiger charge is 2.23. The molecule has 132 valence electrons. The first kappa shape index (κ1) is 17.6. The van der Waals surface area contributed by atoms with E-state index in [-0.39, 0.29) is 12.5 Å². The molecule has 0 atom stereocenters. The van der Waals surface area contributed by atoms with Crippen molar-refractivity contribution in [1.82, 2.24) is 4.90 Å². The fourth-order valence-corrected chi connectivity index (χ4v) is 3.36. The van der Waals surface area contributed by atoms with Crippen molar-refractivity contribution < 1.29 is 9.53 Å². The highest BCUT2D eigenvalue weighted by Crippen LogP contribution is 2.28. The highest BCUT2D eigenvalue weighted by molar-refractivity contribution is 5.77. The summed E-state index contributed by atoms with van der Waals surface area (Å²) in [6.45, 7) is 2.80. The number of hydrogen-bond acceptors (Lipinski definition) is 3. The lowest BCUT2D eigenvalue weighted by molar-refractivity contribution is -0.137. The van der Waals surface area contributed by atoms with Crippen LogP contribution < -0.4 is 5.73 Å². The van der Waals surface area contributed by atoms with E-state index in [1.54, 1.807) is 0 Å². The van der Waals surface area contributed by atoms with Gasteiger partial charge < -0.3 is 15.4 Å². The highest BCUT2D eigenvalue weighted by atomic mass is 16.5. The third-order valence-corrected chi connectivity index (χ3v) is 4.84. The predicted octanol–water partition coefficient (Wildman–Crippen LogP) is 3.07. The van der Waals surface area contributed by atoms with Crippen LogP contribution in [0.25, 0.3) is 0 Å². The molecule has 3 rings (SSSR count). The molecule has 1 aliphatic heterocycles. The Morgan fingerprint density at radius 2 is 1.76 bits per heavy atom. The Hall–Kier alpha value is -2.17. The number of piperidine rings is 1. The first-order chi connectivity index (χ1) is 12.3. The molecule has 4 nitrogen and oxygen atoms in total. The molecule has 25 heavy (non-hydrogen) atoms. The SMILES string of the molecule is NCc1cccc(C2CCN(C(=O)COCc3ccccc3)CC2)c1. The molecule has 4 heteroatoms. The van der Waals surface area contributed by atoms with Gasteiger partial charge in [0.05, 0.1) is 6.61 Å². The molecule has 2 aromatic carbocycles. The molecule has 1 heterocycles. The van der Waals surface area contributed by atoms with Gasteiger partial charge >= 0.3 is 0 Å². The van der Waals surface area contributed by atoms with Gasteiger partial charge in [-0.1, -0.05) is 54.6 Å². The van der Waals surface area contributed by atoms with Crippen LogP contribution in [0, 0.1) is 0 Å². The van der Waals surface area contributed by atoms with Gasteiger partial charge in [-0.25, -0.2) is 0 Å². The number of ether oxygens (including phenoxy) is 1. The smallest absolute Gasteiger partial charge is 0.248 e. The second-order valence-electron chi connectivity index (χ2n) is 6.58. The zero-order chi connectivity index (χ0) is 17.5. The van der Waals surface area contributed by atoms with Crippen molar-refractivity contribution in [2.24, 2.45) is 5.73 Å². The van der Waals surface area contributed by atoms with Gasteiger partial charge in [0.2, 0.25) is 5.91 Å². The van der Waals surface area contributed by atoms with Crippen molar-refractivity contribution in [3.05, 3.63) is 71.3 Å². The Bertz CT molecular complexity index is 679. The maximum Gasteiger partial charge on any atom is 0.248 e. The number of hydrogen-bond donors (Lipinski definition) is 1. The van der Waals surface area contributed by atoms with E-state index in [2.05, 4.69) is 24.3 Å². The molecule has 1 fully saturated rings. The van der Waals surface area contributed by atoms with Gasteiger partial charge in [-0.3, -0.25) is 4.79 Å². The minimum Gasteiger partial charge on any atom is -0.367 e. The lowest BCUT2D eigenvalue weighted by atomic mass is 9.88. The summed E-state index contributed by atoms with van der Waals surface area (Å²) >= 11 is 0. The lowest BCUT2D eigenvalue weighted by Crippen LogP contribution is -2.39. The van der Waals surface area contributed by atoms with Crippen LogP contribution in [-0.2, 0) is 22.7 Å². The topological polar surface area (TPSA) is 55.6 Å². The minimum atomic E-state index is 0.0880. The summed E-state index contributed by atoms with van der Waals surface area (Å²) in [6.07, 6.45) is 2.00. The number of nitrogens with two attached hydrogens (primary N) is 1. The second kappa shape index (κ2) is 8.79. The van der Waals surface area contributed by atoms with Crippen LogP contribution in [-0.4, -0.2) is 30.5 Å². The summed E-state index contributed by atoms with van der Waals surface area (Å²) in [6, 6.07) is 18.4. The summed E-state index contributed by atoms with van der Waals surface area (Å²) in [7, 11) is 0. The molecule has 2 N–H and O–H groups in total. The number of carbonyl (C=O) groups is 1. The first-order valence-electron chi connectivity index (χ1n) is 8.94. The third kappa shape index (κ3) is 4.91. The van der Waals surface area contributed by atoms with Crippen LogP contribution in [0.1, 0.15) is 35.4 Å². The average Bonchev–Trinajstić information content (AvgIpc) is 2.69. The Balaban J connectivity index is 1.44. The fraction of sp³-hybridized carbons (Fsp3) is 0.381. The largest absolute Gasteiger partial charge is 0.367 e. The van der Waals surface area contributed by atoms with E-state index in [4.69, 9.17) is 10.5 Å². The average molecular weight is 338 g/mol. The summed E-state index contributed by atoms with van der Waals surface area (Å²) in [4.78, 5) is 14.2. The Morgan fingerprint density at radius 1 is 1.04 bits per heavy atom. The number of benzene rings is 2. The normalized spacial score (nSPS) is 15.3. The Kier molecular flexibility index (Phi) is 6.20.